The Morgan fingerprint density at radius 1 is 0.563 bits per heavy atom. The molecule has 2 saturated heterocycles. The number of carbonyl (C=O) groups is 2. The van der Waals surface area contributed by atoms with Crippen LogP contribution in [0.15, 0.2) is 128 Å². The zero-order valence-electron chi connectivity index (χ0n) is 49.3. The van der Waals surface area contributed by atoms with Crippen molar-refractivity contribution in [2.24, 2.45) is 0 Å². The predicted molar refractivity (Wildman–Crippen MR) is 331 cm³/mol. The van der Waals surface area contributed by atoms with Crippen LogP contribution in [0.2, 0.25) is 0 Å². The second-order valence-corrected chi connectivity index (χ2v) is 22.2. The summed E-state index contributed by atoms with van der Waals surface area (Å²) in [6, 6.07) is 27.2. The molecule has 454 valence electrons. The first-order valence-electron chi connectivity index (χ1n) is 29.6. The molecular formula is C63H73F3N18O3. The van der Waals surface area contributed by atoms with Crippen LogP contribution in [0.1, 0.15) is 82.5 Å². The van der Waals surface area contributed by atoms with Gasteiger partial charge < -0.3 is 46.4 Å². The molecule has 6 heterocycles. The molecule has 12 rings (SSSR count). The van der Waals surface area contributed by atoms with Crippen LogP contribution in [-0.2, 0) is 19.3 Å². The van der Waals surface area contributed by atoms with Gasteiger partial charge in [-0.1, -0.05) is 38.1 Å². The number of methoxy groups -OCH3 is 1. The molecule has 2 aliphatic heterocycles. The number of imidazole rings is 2. The van der Waals surface area contributed by atoms with E-state index in [9.17, 15) is 22.8 Å². The molecular weight excluding hydrogens is 1110 g/mol. The number of ether oxygens (including phenoxy) is 1. The van der Waals surface area contributed by atoms with Gasteiger partial charge in [-0.15, -0.1) is 0 Å². The number of aromatic nitrogens is 8. The minimum absolute atomic E-state index is 0.0455. The molecule has 2 saturated carbocycles. The van der Waals surface area contributed by atoms with E-state index in [0.717, 1.165) is 101 Å². The number of anilines is 8. The third-order valence-electron chi connectivity index (χ3n) is 15.9. The van der Waals surface area contributed by atoms with Gasteiger partial charge in [-0.2, -0.15) is 13.2 Å². The molecule has 8 aromatic rings. The molecule has 6 N–H and O–H groups in total. The maximum absolute atomic E-state index is 14.1. The summed E-state index contributed by atoms with van der Waals surface area (Å²) in [5, 5.41) is 19.0. The largest absolute Gasteiger partial charge is 0.497 e. The van der Waals surface area contributed by atoms with E-state index < -0.39 is 17.6 Å². The quantitative estimate of drug-likeness (QED) is 0.0395. The number of amides is 2. The van der Waals surface area contributed by atoms with Gasteiger partial charge in [-0.05, 0) is 111 Å². The van der Waals surface area contributed by atoms with E-state index in [2.05, 4.69) is 102 Å². The van der Waals surface area contributed by atoms with Crippen LogP contribution in [-0.4, -0.2) is 155 Å². The van der Waals surface area contributed by atoms with E-state index in [1.165, 1.54) is 50.0 Å². The second kappa shape index (κ2) is 27.2. The Labute approximate surface area is 503 Å². The number of halogens is 3. The molecule has 21 nitrogen and oxygen atoms in total. The first-order chi connectivity index (χ1) is 42.2. The van der Waals surface area contributed by atoms with Crippen molar-refractivity contribution in [1.29, 1.82) is 0 Å². The van der Waals surface area contributed by atoms with E-state index in [-0.39, 0.29) is 29.3 Å². The minimum atomic E-state index is -4.57. The Morgan fingerprint density at radius 2 is 1.10 bits per heavy atom. The Hall–Kier alpha value is -8.97. The van der Waals surface area contributed by atoms with Crippen LogP contribution in [0, 0.1) is 6.92 Å². The van der Waals surface area contributed by atoms with E-state index in [4.69, 9.17) is 4.74 Å². The zero-order chi connectivity index (χ0) is 60.4. The zero-order valence-corrected chi connectivity index (χ0v) is 49.3. The number of aryl methyl sites for hydroxylation is 1. The maximum atomic E-state index is 14.1. The van der Waals surface area contributed by atoms with Crippen LogP contribution < -0.4 is 36.6 Å². The van der Waals surface area contributed by atoms with Crippen molar-refractivity contribution in [2.45, 2.75) is 77.8 Å². The average Bonchev–Trinajstić information content (AvgIpc) is 4.64. The van der Waals surface area contributed by atoms with Gasteiger partial charge in [0.2, 0.25) is 11.9 Å². The van der Waals surface area contributed by atoms with Crippen molar-refractivity contribution >= 4 is 58.1 Å². The summed E-state index contributed by atoms with van der Waals surface area (Å²) in [7, 11) is 1.47. The van der Waals surface area contributed by atoms with E-state index in [0.29, 0.717) is 71.5 Å². The third-order valence-corrected chi connectivity index (χ3v) is 15.9. The molecule has 0 radical (unpaired) electrons. The summed E-state index contributed by atoms with van der Waals surface area (Å²) in [6.07, 6.45) is 9.93. The molecule has 24 heteroatoms. The number of rotatable bonds is 21. The first kappa shape index (κ1) is 59.7. The third kappa shape index (κ3) is 15.9. The Bertz CT molecular complexity index is 3650. The number of alkyl halides is 3. The second-order valence-electron chi connectivity index (χ2n) is 22.2. The highest BCUT2D eigenvalue weighted by Crippen LogP contribution is 2.36. The number of nitrogens with zero attached hydrogens (tertiary/aromatic N) is 12. The van der Waals surface area contributed by atoms with Crippen molar-refractivity contribution < 1.29 is 27.5 Å². The number of benzene rings is 4. The van der Waals surface area contributed by atoms with Crippen molar-refractivity contribution in [1.82, 2.24) is 58.6 Å². The van der Waals surface area contributed by atoms with E-state index in [1.54, 1.807) is 41.6 Å². The lowest BCUT2D eigenvalue weighted by Crippen LogP contribution is -2.45. The Balaban J connectivity index is 0.000000181. The van der Waals surface area contributed by atoms with Crippen molar-refractivity contribution in [3.8, 4) is 17.4 Å². The normalized spacial score (nSPS) is 15.9. The lowest BCUT2D eigenvalue weighted by molar-refractivity contribution is -0.138. The van der Waals surface area contributed by atoms with Gasteiger partial charge in [0.1, 0.15) is 41.7 Å². The lowest BCUT2D eigenvalue weighted by atomic mass is 10.0. The molecule has 4 fully saturated rings. The summed E-state index contributed by atoms with van der Waals surface area (Å²) >= 11 is 0. The molecule has 0 unspecified atom stereocenters. The number of hydrogen-bond acceptors (Lipinski definition) is 17. The molecule has 4 aromatic carbocycles. The van der Waals surface area contributed by atoms with Gasteiger partial charge in [0, 0.05) is 154 Å². The first-order valence-corrected chi connectivity index (χ1v) is 29.6. The smallest absolute Gasteiger partial charge is 0.416 e. The van der Waals surface area contributed by atoms with E-state index >= 15 is 0 Å². The standard InChI is InChI=1S/C32H36F3N9O2.C31H37N9O/c1-3-42-10-12-43(13-11-42)19-21-4-5-24(17-27(21)32(33,34)35)40-30(45)22-14-25(16-26(15-22)46-2)41-31-36-8-9-44(31)29-18-28(37-20-38-29)39-23-6-7-23;1-3-38-14-16-39(17-15-38)20-23-5-8-26(9-6-23)36-30(41)24-7-4-22(2)27(18-24)37-31-32-12-13-40(31)29-19-28(33-21-34-29)35-25-10-11-25/h4-5,8-9,14-18,20,23H,3,6-7,10-13,19H2,1-2H3,(H,36,41)(H,40,45)(H,37,38,39);4-9,12-13,18-19,21,25H,3,10-11,14-17,20H2,1-2H3,(H,32,37)(H,36,41)(H,33,34,35). The maximum Gasteiger partial charge on any atom is 0.416 e. The fourth-order valence-corrected chi connectivity index (χ4v) is 10.4. The molecule has 2 amide bonds. The molecule has 4 aliphatic rings. The highest BCUT2D eigenvalue weighted by Gasteiger charge is 2.35. The number of carbonyl (C=O) groups excluding carboxylic acids is 2. The molecule has 0 bridgehead atoms. The monoisotopic (exact) mass is 1190 g/mol. The van der Waals surface area contributed by atoms with Crippen molar-refractivity contribution in [2.75, 3.05) is 104 Å². The van der Waals surface area contributed by atoms with Gasteiger partial charge in [0.15, 0.2) is 0 Å². The summed E-state index contributed by atoms with van der Waals surface area (Å²) in [5.74, 6) is 3.47. The number of likely N-dealkylation sites (N-methyl/N-ethyl adjacent to an activating group) is 2. The molecule has 0 spiro atoms. The van der Waals surface area contributed by atoms with Crippen molar-refractivity contribution in [3.05, 3.63) is 162 Å². The summed E-state index contributed by atoms with van der Waals surface area (Å²) < 4.78 is 51.5. The van der Waals surface area contributed by atoms with E-state index in [1.807, 2.05) is 65.1 Å². The number of piperazine rings is 2. The van der Waals surface area contributed by atoms with Crippen LogP contribution in [0.4, 0.5) is 59.5 Å². The van der Waals surface area contributed by atoms with Crippen LogP contribution in [0.5, 0.6) is 5.75 Å². The van der Waals surface area contributed by atoms with Crippen LogP contribution in [0.25, 0.3) is 11.6 Å². The highest BCUT2D eigenvalue weighted by atomic mass is 19.4. The Kier molecular flexibility index (Phi) is 18.7. The van der Waals surface area contributed by atoms with Gasteiger partial charge >= 0.3 is 6.18 Å². The lowest BCUT2D eigenvalue weighted by Gasteiger charge is -2.34. The van der Waals surface area contributed by atoms with Crippen LogP contribution >= 0.6 is 0 Å². The van der Waals surface area contributed by atoms with Crippen molar-refractivity contribution in [3.63, 3.8) is 0 Å². The molecule has 2 aliphatic carbocycles. The number of hydrogen-bond donors (Lipinski definition) is 6. The summed E-state index contributed by atoms with van der Waals surface area (Å²) in [4.78, 5) is 62.1. The number of nitrogens with one attached hydrogen (secondary N) is 6. The van der Waals surface area contributed by atoms with Gasteiger partial charge in [-0.3, -0.25) is 28.5 Å². The summed E-state index contributed by atoms with van der Waals surface area (Å²) in [6.45, 7) is 16.9. The van der Waals surface area contributed by atoms with Gasteiger partial charge in [0.05, 0.1) is 12.7 Å². The minimum Gasteiger partial charge on any atom is -0.497 e. The molecule has 4 aromatic heterocycles. The Morgan fingerprint density at radius 3 is 1.67 bits per heavy atom. The molecule has 87 heavy (non-hydrogen) atoms. The average molecular weight is 1190 g/mol. The van der Waals surface area contributed by atoms with Crippen LogP contribution in [0.3, 0.4) is 0 Å². The fraction of sp³-hybridized carbons (Fsp3) is 0.365. The topological polar surface area (TPSA) is 216 Å². The van der Waals surface area contributed by atoms with Gasteiger partial charge in [-0.25, -0.2) is 29.9 Å². The SMILES string of the molecule is CCN1CCN(Cc2ccc(NC(=O)c3cc(Nc4nccn4-c4cc(NC5CC5)ncn4)cc(OC)c3)cc2C(F)(F)F)CC1.CCN1CCN(Cc2ccc(NC(=O)c3ccc(C)c(Nc4nccn4-c4cc(NC5CC5)ncn4)c3)cc2)CC1. The summed E-state index contributed by atoms with van der Waals surface area (Å²) in [5.41, 5.74) is 4.52. The molecule has 0 atom stereocenters. The highest BCUT2D eigenvalue weighted by molar-refractivity contribution is 6.06. The predicted octanol–water partition coefficient (Wildman–Crippen LogP) is 10.1. The van der Waals surface area contributed by atoms with Gasteiger partial charge in [0.25, 0.3) is 11.8 Å². The fourth-order valence-electron chi connectivity index (χ4n) is 10.4.